The van der Waals surface area contributed by atoms with Crippen molar-refractivity contribution in [2.75, 3.05) is 0 Å². The molecule has 0 spiro atoms. The summed E-state index contributed by atoms with van der Waals surface area (Å²) in [4.78, 5) is 4.03. The highest BCUT2D eigenvalue weighted by molar-refractivity contribution is 6.30. The molecular formula is C12H16ClNO2. The fourth-order valence-corrected chi connectivity index (χ4v) is 1.72. The lowest BCUT2D eigenvalue weighted by Gasteiger charge is -2.30. The minimum atomic E-state index is -0.392. The highest BCUT2D eigenvalue weighted by Gasteiger charge is 2.49. The normalized spacial score (nSPS) is 23.6. The number of nitrogens with zero attached hydrogens (tertiary/aromatic N) is 1. The predicted octanol–water partition coefficient (Wildman–Crippen LogP) is 3.34. The number of halogens is 1. The van der Waals surface area contributed by atoms with Crippen molar-refractivity contribution < 1.29 is 9.47 Å². The van der Waals surface area contributed by atoms with Gasteiger partial charge >= 0.3 is 0 Å². The highest BCUT2D eigenvalue weighted by atomic mass is 35.5. The molecule has 0 saturated carbocycles. The minimum Gasteiger partial charge on any atom is -0.339 e. The Morgan fingerprint density at radius 3 is 2.19 bits per heavy atom. The Labute approximate surface area is 101 Å². The van der Waals surface area contributed by atoms with Crippen LogP contribution >= 0.6 is 11.6 Å². The molecular weight excluding hydrogens is 226 g/mol. The summed E-state index contributed by atoms with van der Waals surface area (Å²) in [6, 6.07) is 1.82. The van der Waals surface area contributed by atoms with Crippen molar-refractivity contribution in [3.63, 3.8) is 0 Å². The SMILES string of the molecule is CC1(C)OC(c2cncc(Cl)c2)OC1(C)C. The molecule has 88 valence electrons. The quantitative estimate of drug-likeness (QED) is 0.756. The molecule has 1 aliphatic heterocycles. The Morgan fingerprint density at radius 2 is 1.69 bits per heavy atom. The van der Waals surface area contributed by atoms with Crippen LogP contribution in [0.4, 0.5) is 0 Å². The number of pyridine rings is 1. The summed E-state index contributed by atoms with van der Waals surface area (Å²) in [6.07, 6.45) is 2.92. The molecule has 2 heterocycles. The second-order valence-corrected chi connectivity index (χ2v) is 5.46. The smallest absolute Gasteiger partial charge is 0.186 e. The van der Waals surface area contributed by atoms with E-state index < -0.39 is 6.29 Å². The van der Waals surface area contributed by atoms with Crippen molar-refractivity contribution in [1.82, 2.24) is 4.98 Å². The van der Waals surface area contributed by atoms with Crippen LogP contribution in [0.25, 0.3) is 0 Å². The molecule has 0 unspecified atom stereocenters. The van der Waals surface area contributed by atoms with Crippen LogP contribution in [0.3, 0.4) is 0 Å². The van der Waals surface area contributed by atoms with Gasteiger partial charge in [-0.05, 0) is 33.8 Å². The van der Waals surface area contributed by atoms with Gasteiger partial charge in [-0.1, -0.05) is 11.6 Å². The lowest BCUT2D eigenvalue weighted by Crippen LogP contribution is -2.41. The molecule has 1 saturated heterocycles. The van der Waals surface area contributed by atoms with Gasteiger partial charge in [0.25, 0.3) is 0 Å². The Kier molecular flexibility index (Phi) is 2.73. The summed E-state index contributed by atoms with van der Waals surface area (Å²) >= 11 is 5.89. The topological polar surface area (TPSA) is 31.4 Å². The fourth-order valence-electron chi connectivity index (χ4n) is 1.54. The number of rotatable bonds is 1. The van der Waals surface area contributed by atoms with Gasteiger partial charge in [0.1, 0.15) is 0 Å². The Bertz CT molecular complexity index is 388. The van der Waals surface area contributed by atoms with Gasteiger partial charge in [-0.2, -0.15) is 0 Å². The van der Waals surface area contributed by atoms with E-state index in [2.05, 4.69) is 4.98 Å². The molecule has 1 aromatic rings. The molecule has 2 rings (SSSR count). The van der Waals surface area contributed by atoms with Crippen molar-refractivity contribution in [2.24, 2.45) is 0 Å². The maximum atomic E-state index is 5.89. The van der Waals surface area contributed by atoms with Gasteiger partial charge in [0.2, 0.25) is 0 Å². The van der Waals surface area contributed by atoms with E-state index in [0.717, 1.165) is 5.56 Å². The summed E-state index contributed by atoms with van der Waals surface area (Å²) < 4.78 is 11.8. The van der Waals surface area contributed by atoms with Gasteiger partial charge in [0, 0.05) is 18.0 Å². The van der Waals surface area contributed by atoms with E-state index in [9.17, 15) is 0 Å². The van der Waals surface area contributed by atoms with Crippen molar-refractivity contribution in [3.05, 3.63) is 29.0 Å². The van der Waals surface area contributed by atoms with Gasteiger partial charge in [-0.3, -0.25) is 4.98 Å². The highest BCUT2D eigenvalue weighted by Crippen LogP contribution is 2.44. The average Bonchev–Trinajstić information content (AvgIpc) is 2.36. The predicted molar refractivity (Wildman–Crippen MR) is 62.3 cm³/mol. The second kappa shape index (κ2) is 3.69. The van der Waals surface area contributed by atoms with Crippen LogP contribution < -0.4 is 0 Å². The summed E-state index contributed by atoms with van der Waals surface area (Å²) in [5.74, 6) is 0. The Balaban J connectivity index is 2.27. The number of ether oxygens (including phenoxy) is 2. The van der Waals surface area contributed by atoms with E-state index in [1.807, 2.05) is 33.8 Å². The molecule has 16 heavy (non-hydrogen) atoms. The van der Waals surface area contributed by atoms with Gasteiger partial charge in [-0.25, -0.2) is 0 Å². The van der Waals surface area contributed by atoms with Crippen LogP contribution in [0.2, 0.25) is 5.02 Å². The van der Waals surface area contributed by atoms with Crippen LogP contribution in [0.5, 0.6) is 0 Å². The monoisotopic (exact) mass is 241 g/mol. The van der Waals surface area contributed by atoms with Crippen molar-refractivity contribution in [2.45, 2.75) is 45.2 Å². The van der Waals surface area contributed by atoms with Crippen LogP contribution in [-0.4, -0.2) is 16.2 Å². The standard InChI is InChI=1S/C12H16ClNO2/c1-11(2)12(3,4)16-10(15-11)8-5-9(13)7-14-6-8/h5-7,10H,1-4H3. The maximum Gasteiger partial charge on any atom is 0.186 e. The Morgan fingerprint density at radius 1 is 1.12 bits per heavy atom. The van der Waals surface area contributed by atoms with Gasteiger partial charge < -0.3 is 9.47 Å². The molecule has 0 aliphatic carbocycles. The summed E-state index contributed by atoms with van der Waals surface area (Å²) in [5, 5.41) is 0.590. The van der Waals surface area contributed by atoms with E-state index >= 15 is 0 Å². The minimum absolute atomic E-state index is 0.333. The molecule has 0 atom stereocenters. The van der Waals surface area contributed by atoms with Crippen molar-refractivity contribution in [1.29, 1.82) is 0 Å². The molecule has 1 fully saturated rings. The number of aromatic nitrogens is 1. The lowest BCUT2D eigenvalue weighted by atomic mass is 9.90. The van der Waals surface area contributed by atoms with E-state index in [1.165, 1.54) is 0 Å². The third kappa shape index (κ3) is 1.95. The number of hydrogen-bond donors (Lipinski definition) is 0. The average molecular weight is 242 g/mol. The molecule has 0 bridgehead atoms. The second-order valence-electron chi connectivity index (χ2n) is 5.02. The molecule has 1 aliphatic rings. The zero-order valence-electron chi connectivity index (χ0n) is 9.95. The molecule has 0 aromatic carbocycles. The first-order valence-electron chi connectivity index (χ1n) is 5.28. The Hall–Kier alpha value is -0.640. The van der Waals surface area contributed by atoms with Crippen LogP contribution in [0, 0.1) is 0 Å². The summed E-state index contributed by atoms with van der Waals surface area (Å²) in [5.41, 5.74) is 0.186. The molecule has 1 aromatic heterocycles. The first-order chi connectivity index (χ1) is 7.32. The fraction of sp³-hybridized carbons (Fsp3) is 0.583. The zero-order valence-corrected chi connectivity index (χ0v) is 10.7. The molecule has 0 radical (unpaired) electrons. The van der Waals surface area contributed by atoms with E-state index in [-0.39, 0.29) is 11.2 Å². The van der Waals surface area contributed by atoms with Gasteiger partial charge in [0.05, 0.1) is 16.2 Å². The van der Waals surface area contributed by atoms with Crippen molar-refractivity contribution >= 4 is 11.6 Å². The van der Waals surface area contributed by atoms with Crippen molar-refractivity contribution in [3.8, 4) is 0 Å². The van der Waals surface area contributed by atoms with Crippen LogP contribution in [-0.2, 0) is 9.47 Å². The molecule has 4 heteroatoms. The van der Waals surface area contributed by atoms with Crippen LogP contribution in [0.1, 0.15) is 39.5 Å². The zero-order chi connectivity index (χ0) is 12.0. The van der Waals surface area contributed by atoms with E-state index in [0.29, 0.717) is 5.02 Å². The maximum absolute atomic E-state index is 5.89. The largest absolute Gasteiger partial charge is 0.339 e. The lowest BCUT2D eigenvalue weighted by molar-refractivity contribution is -0.0897. The molecule has 3 nitrogen and oxygen atoms in total. The first kappa shape index (κ1) is 11.8. The van der Waals surface area contributed by atoms with Crippen LogP contribution in [0.15, 0.2) is 18.5 Å². The summed E-state index contributed by atoms with van der Waals surface area (Å²) in [6.45, 7) is 8.08. The van der Waals surface area contributed by atoms with E-state index in [4.69, 9.17) is 21.1 Å². The number of hydrogen-bond acceptors (Lipinski definition) is 3. The van der Waals surface area contributed by atoms with E-state index in [1.54, 1.807) is 12.4 Å². The third-order valence-corrected chi connectivity index (χ3v) is 3.46. The molecule has 0 amide bonds. The van der Waals surface area contributed by atoms with Gasteiger partial charge in [-0.15, -0.1) is 0 Å². The molecule has 0 N–H and O–H groups in total. The summed E-state index contributed by atoms with van der Waals surface area (Å²) in [7, 11) is 0. The van der Waals surface area contributed by atoms with Gasteiger partial charge in [0.15, 0.2) is 6.29 Å². The third-order valence-electron chi connectivity index (χ3n) is 3.25. The first-order valence-corrected chi connectivity index (χ1v) is 5.66.